The van der Waals surface area contributed by atoms with Crippen LogP contribution in [0.1, 0.15) is 40.1 Å². The van der Waals surface area contributed by atoms with E-state index in [-0.39, 0.29) is 17.7 Å². The van der Waals surface area contributed by atoms with Crippen LogP contribution >= 0.6 is 11.3 Å². The van der Waals surface area contributed by atoms with E-state index in [1.807, 2.05) is 41.3 Å². The summed E-state index contributed by atoms with van der Waals surface area (Å²) in [6, 6.07) is 13.5. The number of rotatable bonds is 5. The minimum atomic E-state index is 0.0437. The molecule has 0 spiro atoms. The number of carbonyl (C=O) groups excluding carboxylic acids is 2. The number of nitrogens with one attached hydrogen (secondary N) is 1. The first-order valence-corrected chi connectivity index (χ1v) is 10.9. The van der Waals surface area contributed by atoms with Crippen LogP contribution in [0.25, 0.3) is 0 Å². The Hall–Kier alpha value is -2.69. The van der Waals surface area contributed by atoms with Crippen molar-refractivity contribution in [2.75, 3.05) is 31.5 Å². The van der Waals surface area contributed by atoms with E-state index in [1.165, 1.54) is 16.9 Å². The topological polar surface area (TPSA) is 76.4 Å². The van der Waals surface area contributed by atoms with E-state index in [2.05, 4.69) is 16.3 Å². The van der Waals surface area contributed by atoms with Crippen molar-refractivity contribution in [2.24, 2.45) is 5.92 Å². The molecule has 2 aliphatic rings. The van der Waals surface area contributed by atoms with Crippen LogP contribution in [0.15, 0.2) is 36.4 Å². The highest BCUT2D eigenvalue weighted by atomic mass is 32.1. The van der Waals surface area contributed by atoms with Gasteiger partial charge in [-0.15, -0.1) is 11.3 Å². The Kier molecular flexibility index (Phi) is 5.93. The zero-order valence-electron chi connectivity index (χ0n) is 16.3. The highest BCUT2D eigenvalue weighted by Crippen LogP contribution is 2.32. The van der Waals surface area contributed by atoms with Gasteiger partial charge in [-0.1, -0.05) is 12.1 Å². The molecule has 29 heavy (non-hydrogen) atoms. The number of amides is 2. The molecule has 1 aromatic heterocycles. The van der Waals surface area contributed by atoms with Crippen LogP contribution in [0.5, 0.6) is 0 Å². The fourth-order valence-electron chi connectivity index (χ4n) is 3.52. The van der Waals surface area contributed by atoms with Gasteiger partial charge in [0.2, 0.25) is 5.91 Å². The second-order valence-electron chi connectivity index (χ2n) is 7.66. The highest BCUT2D eigenvalue weighted by molar-refractivity contribution is 7.18. The van der Waals surface area contributed by atoms with Gasteiger partial charge in [-0.25, -0.2) is 0 Å². The van der Waals surface area contributed by atoms with Gasteiger partial charge >= 0.3 is 0 Å². The summed E-state index contributed by atoms with van der Waals surface area (Å²) in [6.45, 7) is 4.02. The van der Waals surface area contributed by atoms with Gasteiger partial charge in [0.25, 0.3) is 5.91 Å². The quantitative estimate of drug-likeness (QED) is 0.823. The molecule has 1 saturated heterocycles. The zero-order valence-corrected chi connectivity index (χ0v) is 17.1. The van der Waals surface area contributed by atoms with Gasteiger partial charge in [0.1, 0.15) is 0 Å². The van der Waals surface area contributed by atoms with E-state index in [0.717, 1.165) is 50.4 Å². The SMILES string of the molecule is N#Cc1ccc(CN2CCCN(C(=O)c3ccc(NC(=O)C4CC4)s3)CC2)cc1. The van der Waals surface area contributed by atoms with Gasteiger partial charge in [-0.05, 0) is 49.1 Å². The average molecular weight is 409 g/mol. The minimum Gasteiger partial charge on any atom is -0.337 e. The molecule has 2 aromatic rings. The number of thiophene rings is 1. The molecule has 4 rings (SSSR count). The van der Waals surface area contributed by atoms with Crippen molar-refractivity contribution in [1.82, 2.24) is 9.80 Å². The molecule has 1 N–H and O–H groups in total. The van der Waals surface area contributed by atoms with Crippen LogP contribution in [0.2, 0.25) is 0 Å². The predicted molar refractivity (Wildman–Crippen MR) is 113 cm³/mol. The molecule has 6 nitrogen and oxygen atoms in total. The molecule has 1 saturated carbocycles. The maximum absolute atomic E-state index is 12.9. The summed E-state index contributed by atoms with van der Waals surface area (Å²) in [5, 5.41) is 12.6. The first kappa shape index (κ1) is 19.6. The summed E-state index contributed by atoms with van der Waals surface area (Å²) < 4.78 is 0. The van der Waals surface area contributed by atoms with E-state index < -0.39 is 0 Å². The number of benzene rings is 1. The number of hydrogen-bond donors (Lipinski definition) is 1. The molecule has 1 aliphatic heterocycles. The number of anilines is 1. The van der Waals surface area contributed by atoms with E-state index in [4.69, 9.17) is 5.26 Å². The Morgan fingerprint density at radius 2 is 1.86 bits per heavy atom. The predicted octanol–water partition coefficient (Wildman–Crippen LogP) is 3.32. The average Bonchev–Trinajstić information content (AvgIpc) is 3.53. The molecule has 0 atom stereocenters. The summed E-state index contributed by atoms with van der Waals surface area (Å²) in [5.41, 5.74) is 1.85. The van der Waals surface area contributed by atoms with E-state index >= 15 is 0 Å². The lowest BCUT2D eigenvalue weighted by Crippen LogP contribution is -2.34. The fraction of sp³-hybridized carbons (Fsp3) is 0.409. The first-order chi connectivity index (χ1) is 14.1. The van der Waals surface area contributed by atoms with Crippen molar-refractivity contribution >= 4 is 28.2 Å². The third-order valence-electron chi connectivity index (χ3n) is 5.38. The van der Waals surface area contributed by atoms with Crippen molar-refractivity contribution in [2.45, 2.75) is 25.8 Å². The third kappa shape index (κ3) is 5.03. The summed E-state index contributed by atoms with van der Waals surface area (Å²) in [6.07, 6.45) is 2.87. The molecule has 7 heteroatoms. The Labute approximate surface area is 174 Å². The first-order valence-electron chi connectivity index (χ1n) is 10.0. The van der Waals surface area contributed by atoms with Gasteiger partial charge < -0.3 is 10.2 Å². The summed E-state index contributed by atoms with van der Waals surface area (Å²) in [7, 11) is 0. The van der Waals surface area contributed by atoms with Crippen LogP contribution in [0.4, 0.5) is 5.00 Å². The number of nitriles is 1. The fourth-order valence-corrected chi connectivity index (χ4v) is 4.40. The Bertz CT molecular complexity index is 927. The monoisotopic (exact) mass is 408 g/mol. The number of nitrogens with zero attached hydrogens (tertiary/aromatic N) is 3. The molecule has 1 aromatic carbocycles. The van der Waals surface area contributed by atoms with Gasteiger partial charge in [-0.3, -0.25) is 14.5 Å². The number of carbonyl (C=O) groups is 2. The third-order valence-corrected chi connectivity index (χ3v) is 6.36. The Morgan fingerprint density at radius 1 is 1.07 bits per heavy atom. The number of hydrogen-bond acceptors (Lipinski definition) is 5. The van der Waals surface area contributed by atoms with Gasteiger partial charge in [0.15, 0.2) is 0 Å². The standard InChI is InChI=1S/C22H24N4O2S/c23-14-16-2-4-17(5-3-16)15-25-10-1-11-26(13-12-25)22(28)19-8-9-20(29-19)24-21(27)18-6-7-18/h2-5,8-9,18H,1,6-7,10-13,15H2,(H,24,27). The molecular formula is C22H24N4O2S. The smallest absolute Gasteiger partial charge is 0.264 e. The summed E-state index contributed by atoms with van der Waals surface area (Å²) >= 11 is 1.36. The molecule has 2 amide bonds. The molecule has 0 unspecified atom stereocenters. The van der Waals surface area contributed by atoms with Crippen molar-refractivity contribution in [3.63, 3.8) is 0 Å². The van der Waals surface area contributed by atoms with Gasteiger partial charge in [0.05, 0.1) is 21.5 Å². The van der Waals surface area contributed by atoms with E-state index in [0.29, 0.717) is 17.0 Å². The minimum absolute atomic E-state index is 0.0437. The Balaban J connectivity index is 1.31. The lowest BCUT2D eigenvalue weighted by molar-refractivity contribution is -0.117. The van der Waals surface area contributed by atoms with Crippen molar-refractivity contribution in [3.05, 3.63) is 52.4 Å². The lowest BCUT2D eigenvalue weighted by Gasteiger charge is -2.21. The molecule has 0 bridgehead atoms. The second-order valence-corrected chi connectivity index (χ2v) is 8.74. The van der Waals surface area contributed by atoms with Crippen molar-refractivity contribution in [3.8, 4) is 6.07 Å². The molecule has 2 fully saturated rings. The van der Waals surface area contributed by atoms with Crippen molar-refractivity contribution in [1.29, 1.82) is 5.26 Å². The second kappa shape index (κ2) is 8.76. The van der Waals surface area contributed by atoms with Crippen molar-refractivity contribution < 1.29 is 9.59 Å². The van der Waals surface area contributed by atoms with Crippen LogP contribution < -0.4 is 5.32 Å². The lowest BCUT2D eigenvalue weighted by atomic mass is 10.1. The largest absolute Gasteiger partial charge is 0.337 e. The molecule has 2 heterocycles. The summed E-state index contributed by atoms with van der Waals surface area (Å²) in [4.78, 5) is 29.8. The molecule has 150 valence electrons. The van der Waals surface area contributed by atoms with Crippen LogP contribution in [-0.2, 0) is 11.3 Å². The van der Waals surface area contributed by atoms with E-state index in [9.17, 15) is 9.59 Å². The molecule has 1 aliphatic carbocycles. The van der Waals surface area contributed by atoms with Crippen LogP contribution in [0.3, 0.4) is 0 Å². The maximum Gasteiger partial charge on any atom is 0.264 e. The van der Waals surface area contributed by atoms with Gasteiger partial charge in [-0.2, -0.15) is 5.26 Å². The summed E-state index contributed by atoms with van der Waals surface area (Å²) in [5.74, 6) is 0.269. The van der Waals surface area contributed by atoms with Gasteiger partial charge in [0, 0.05) is 38.6 Å². The molecular weight excluding hydrogens is 384 g/mol. The highest BCUT2D eigenvalue weighted by Gasteiger charge is 2.30. The van der Waals surface area contributed by atoms with Crippen LogP contribution in [0, 0.1) is 17.2 Å². The van der Waals surface area contributed by atoms with Crippen LogP contribution in [-0.4, -0.2) is 47.8 Å². The normalized spacial score (nSPS) is 17.4. The van der Waals surface area contributed by atoms with E-state index in [1.54, 1.807) is 0 Å². The Morgan fingerprint density at radius 3 is 2.59 bits per heavy atom. The molecule has 0 radical (unpaired) electrons. The zero-order chi connectivity index (χ0) is 20.2. The maximum atomic E-state index is 12.9.